The van der Waals surface area contributed by atoms with Gasteiger partial charge in [-0.1, -0.05) is 18.2 Å². The summed E-state index contributed by atoms with van der Waals surface area (Å²) in [5.41, 5.74) is 1.39. The zero-order chi connectivity index (χ0) is 13.0. The van der Waals surface area contributed by atoms with Crippen LogP contribution in [0.15, 0.2) is 46.8 Å². The molecule has 0 aromatic carbocycles. The lowest BCUT2D eigenvalue weighted by Crippen LogP contribution is -2.22. The number of likely N-dealkylation sites (N-methyl/N-ethyl adjacent to an activating group) is 1. The summed E-state index contributed by atoms with van der Waals surface area (Å²) in [6, 6.07) is 8.75. The molecule has 0 fully saturated rings. The first-order chi connectivity index (χ1) is 8.77. The first-order valence-electron chi connectivity index (χ1n) is 6.22. The number of rotatable bonds is 5. The van der Waals surface area contributed by atoms with Crippen molar-refractivity contribution in [1.29, 1.82) is 0 Å². The average Bonchev–Trinajstić information content (AvgIpc) is 3.07. The standard InChI is InChI=1S/C15H19NS2/c1-4-12(16(3)5-2)15(13-8-6-10-17-13)14-9-7-11-18-14/h4,6-11,15H,5H2,1-3H3/b12-4+. The largest absolute Gasteiger partial charge is 0.378 e. The van der Waals surface area contributed by atoms with Crippen LogP contribution >= 0.6 is 22.7 Å². The zero-order valence-corrected chi connectivity index (χ0v) is 12.7. The molecule has 2 heterocycles. The van der Waals surface area contributed by atoms with Crippen LogP contribution in [0.4, 0.5) is 0 Å². The Morgan fingerprint density at radius 1 is 1.22 bits per heavy atom. The van der Waals surface area contributed by atoms with Gasteiger partial charge in [0.25, 0.3) is 0 Å². The zero-order valence-electron chi connectivity index (χ0n) is 11.1. The fourth-order valence-corrected chi connectivity index (χ4v) is 3.92. The van der Waals surface area contributed by atoms with Crippen molar-refractivity contribution < 1.29 is 0 Å². The van der Waals surface area contributed by atoms with Gasteiger partial charge in [0.2, 0.25) is 0 Å². The molecule has 0 saturated carbocycles. The Bertz CT molecular complexity index is 448. The van der Waals surface area contributed by atoms with Crippen molar-refractivity contribution in [2.45, 2.75) is 19.8 Å². The van der Waals surface area contributed by atoms with Gasteiger partial charge in [-0.05, 0) is 36.7 Å². The lowest BCUT2D eigenvalue weighted by Gasteiger charge is -2.27. The van der Waals surface area contributed by atoms with Crippen LogP contribution in [0.25, 0.3) is 0 Å². The van der Waals surface area contributed by atoms with E-state index in [1.165, 1.54) is 15.5 Å². The molecule has 0 radical (unpaired) electrons. The minimum atomic E-state index is 0.389. The molecule has 0 spiro atoms. The lowest BCUT2D eigenvalue weighted by molar-refractivity contribution is 0.419. The van der Waals surface area contributed by atoms with Gasteiger partial charge in [0.05, 0.1) is 5.92 Å². The molecular weight excluding hydrogens is 258 g/mol. The number of thiophene rings is 2. The van der Waals surface area contributed by atoms with E-state index in [0.29, 0.717) is 5.92 Å². The van der Waals surface area contributed by atoms with Gasteiger partial charge >= 0.3 is 0 Å². The molecule has 0 atom stereocenters. The maximum Gasteiger partial charge on any atom is 0.0673 e. The van der Waals surface area contributed by atoms with Crippen LogP contribution in [-0.4, -0.2) is 18.5 Å². The third-order valence-corrected chi connectivity index (χ3v) is 5.04. The Hall–Kier alpha value is -1.06. The molecule has 2 aromatic rings. The van der Waals surface area contributed by atoms with Gasteiger partial charge in [-0.2, -0.15) is 0 Å². The second kappa shape index (κ2) is 6.21. The highest BCUT2D eigenvalue weighted by Gasteiger charge is 2.22. The third-order valence-electron chi connectivity index (χ3n) is 3.16. The summed E-state index contributed by atoms with van der Waals surface area (Å²) in [6.45, 7) is 5.37. The van der Waals surface area contributed by atoms with Gasteiger partial charge < -0.3 is 4.90 Å². The molecule has 0 aliphatic rings. The first kappa shape index (κ1) is 13.4. The Kier molecular flexibility index (Phi) is 4.61. The van der Waals surface area contributed by atoms with E-state index in [-0.39, 0.29) is 0 Å². The summed E-state index contributed by atoms with van der Waals surface area (Å²) in [4.78, 5) is 5.18. The van der Waals surface area contributed by atoms with Gasteiger partial charge in [0, 0.05) is 29.0 Å². The summed E-state index contributed by atoms with van der Waals surface area (Å²) < 4.78 is 0. The van der Waals surface area contributed by atoms with Gasteiger partial charge in [0.1, 0.15) is 0 Å². The van der Waals surface area contributed by atoms with Crippen LogP contribution in [0.1, 0.15) is 29.5 Å². The number of allylic oxidation sites excluding steroid dienone is 2. The van der Waals surface area contributed by atoms with E-state index in [9.17, 15) is 0 Å². The Balaban J connectivity index is 2.43. The van der Waals surface area contributed by atoms with Crippen molar-refractivity contribution in [3.63, 3.8) is 0 Å². The van der Waals surface area contributed by atoms with E-state index in [2.05, 4.69) is 66.9 Å². The van der Waals surface area contributed by atoms with E-state index in [4.69, 9.17) is 0 Å². The van der Waals surface area contributed by atoms with Crippen molar-refractivity contribution in [2.75, 3.05) is 13.6 Å². The highest BCUT2D eigenvalue weighted by Crippen LogP contribution is 2.37. The van der Waals surface area contributed by atoms with Crippen molar-refractivity contribution in [2.24, 2.45) is 0 Å². The second-order valence-corrected chi connectivity index (χ2v) is 6.15. The number of hydrogen-bond acceptors (Lipinski definition) is 3. The molecule has 2 aromatic heterocycles. The van der Waals surface area contributed by atoms with Gasteiger partial charge in [-0.3, -0.25) is 0 Å². The average molecular weight is 277 g/mol. The fraction of sp³-hybridized carbons (Fsp3) is 0.333. The molecule has 0 aliphatic heterocycles. The molecule has 2 rings (SSSR count). The second-order valence-electron chi connectivity index (χ2n) is 4.19. The molecule has 1 nitrogen and oxygen atoms in total. The van der Waals surface area contributed by atoms with Gasteiger partial charge in [-0.15, -0.1) is 22.7 Å². The van der Waals surface area contributed by atoms with E-state index in [1.807, 2.05) is 22.7 Å². The van der Waals surface area contributed by atoms with E-state index in [0.717, 1.165) is 6.54 Å². The van der Waals surface area contributed by atoms with E-state index >= 15 is 0 Å². The maximum absolute atomic E-state index is 2.34. The van der Waals surface area contributed by atoms with Crippen molar-refractivity contribution in [3.8, 4) is 0 Å². The minimum absolute atomic E-state index is 0.389. The molecule has 0 unspecified atom stereocenters. The molecule has 0 amide bonds. The summed E-state index contributed by atoms with van der Waals surface area (Å²) in [5, 5.41) is 4.32. The lowest BCUT2D eigenvalue weighted by atomic mass is 10.00. The highest BCUT2D eigenvalue weighted by atomic mass is 32.1. The van der Waals surface area contributed by atoms with Gasteiger partial charge in [-0.25, -0.2) is 0 Å². The van der Waals surface area contributed by atoms with Crippen LogP contribution in [0.5, 0.6) is 0 Å². The quantitative estimate of drug-likeness (QED) is 0.759. The normalized spacial score (nSPS) is 12.1. The van der Waals surface area contributed by atoms with E-state index in [1.54, 1.807) is 0 Å². The predicted octanol–water partition coefficient (Wildman–Crippen LogP) is 4.80. The topological polar surface area (TPSA) is 3.24 Å². The maximum atomic E-state index is 2.34. The summed E-state index contributed by atoms with van der Waals surface area (Å²) in [6.07, 6.45) is 2.24. The monoisotopic (exact) mass is 277 g/mol. The minimum Gasteiger partial charge on any atom is -0.378 e. The van der Waals surface area contributed by atoms with Gasteiger partial charge in [0.15, 0.2) is 0 Å². The first-order valence-corrected chi connectivity index (χ1v) is 7.98. The SMILES string of the molecule is C/C=C(\C(c1cccs1)c1cccs1)N(C)CC. The van der Waals surface area contributed by atoms with Crippen LogP contribution in [0.3, 0.4) is 0 Å². The Labute approximate surface area is 117 Å². The van der Waals surface area contributed by atoms with Crippen LogP contribution in [0.2, 0.25) is 0 Å². The van der Waals surface area contributed by atoms with Crippen molar-refractivity contribution >= 4 is 22.7 Å². The highest BCUT2D eigenvalue weighted by molar-refractivity contribution is 7.11. The number of nitrogens with zero attached hydrogens (tertiary/aromatic N) is 1. The summed E-state index contributed by atoms with van der Waals surface area (Å²) in [7, 11) is 2.17. The van der Waals surface area contributed by atoms with Crippen LogP contribution < -0.4 is 0 Å². The molecule has 96 valence electrons. The smallest absolute Gasteiger partial charge is 0.0673 e. The Morgan fingerprint density at radius 3 is 2.11 bits per heavy atom. The third kappa shape index (κ3) is 2.68. The van der Waals surface area contributed by atoms with Crippen molar-refractivity contribution in [3.05, 3.63) is 56.6 Å². The number of hydrogen-bond donors (Lipinski definition) is 0. The molecule has 3 heteroatoms. The van der Waals surface area contributed by atoms with Crippen LogP contribution in [-0.2, 0) is 0 Å². The Morgan fingerprint density at radius 2 is 1.78 bits per heavy atom. The molecular formula is C15H19NS2. The summed E-state index contributed by atoms with van der Waals surface area (Å²) >= 11 is 3.68. The molecule has 0 aliphatic carbocycles. The summed E-state index contributed by atoms with van der Waals surface area (Å²) in [5.74, 6) is 0.389. The molecule has 0 saturated heterocycles. The predicted molar refractivity (Wildman–Crippen MR) is 82.5 cm³/mol. The van der Waals surface area contributed by atoms with Crippen molar-refractivity contribution in [1.82, 2.24) is 4.90 Å². The molecule has 0 N–H and O–H groups in total. The molecule has 18 heavy (non-hydrogen) atoms. The van der Waals surface area contributed by atoms with Crippen LogP contribution in [0, 0.1) is 0 Å². The molecule has 0 bridgehead atoms. The fourth-order valence-electron chi connectivity index (χ4n) is 2.13. The van der Waals surface area contributed by atoms with E-state index < -0.39 is 0 Å².